The van der Waals surface area contributed by atoms with Crippen LogP contribution in [0.25, 0.3) is 0 Å². The maximum atomic E-state index is 12.4. The van der Waals surface area contributed by atoms with E-state index in [-0.39, 0.29) is 17.1 Å². The molecule has 1 aliphatic heterocycles. The lowest BCUT2D eigenvalue weighted by molar-refractivity contribution is -0.146. The van der Waals surface area contributed by atoms with Crippen LogP contribution in [0.2, 0.25) is 0 Å². The highest BCUT2D eigenvalue weighted by atomic mass is 32.2. The summed E-state index contributed by atoms with van der Waals surface area (Å²) in [7, 11) is -3.53. The zero-order chi connectivity index (χ0) is 23.1. The molecule has 32 heavy (non-hydrogen) atoms. The van der Waals surface area contributed by atoms with Crippen molar-refractivity contribution in [3.05, 3.63) is 65.2 Å². The van der Waals surface area contributed by atoms with Crippen LogP contribution in [0.3, 0.4) is 0 Å². The van der Waals surface area contributed by atoms with E-state index in [1.807, 2.05) is 19.1 Å². The number of unbranched alkanes of at least 4 members (excludes halogenated alkanes) is 2. The SMILES string of the molecule is CCc1ccc(C(=O)C(C)OC(=O)CCCCCN=C2NS(=O)(=O)c3ccccc32)cc1. The van der Waals surface area contributed by atoms with Gasteiger partial charge in [-0.05, 0) is 43.9 Å². The van der Waals surface area contributed by atoms with Crippen molar-refractivity contribution in [3.8, 4) is 0 Å². The number of carbonyl (C=O) groups is 2. The number of hydrogen-bond donors (Lipinski definition) is 1. The highest BCUT2D eigenvalue weighted by molar-refractivity contribution is 7.90. The number of fused-ring (bicyclic) bond motifs is 1. The largest absolute Gasteiger partial charge is 0.454 e. The molecule has 1 N–H and O–H groups in total. The number of nitrogens with one attached hydrogen (secondary N) is 1. The number of hydrogen-bond acceptors (Lipinski definition) is 6. The summed E-state index contributed by atoms with van der Waals surface area (Å²) >= 11 is 0. The molecule has 3 rings (SSSR count). The van der Waals surface area contributed by atoms with E-state index >= 15 is 0 Å². The second kappa shape index (κ2) is 10.5. The minimum absolute atomic E-state index is 0.212. The van der Waals surface area contributed by atoms with Crippen molar-refractivity contribution in [3.63, 3.8) is 0 Å². The van der Waals surface area contributed by atoms with Crippen LogP contribution in [-0.2, 0) is 26.0 Å². The van der Waals surface area contributed by atoms with E-state index in [1.165, 1.54) is 0 Å². The molecule has 0 amide bonds. The van der Waals surface area contributed by atoms with Gasteiger partial charge in [0.2, 0.25) is 5.78 Å². The van der Waals surface area contributed by atoms with E-state index in [0.717, 1.165) is 18.4 Å². The number of Topliss-reactive ketones (excluding diaryl/α,β-unsaturated/α-hetero) is 1. The van der Waals surface area contributed by atoms with E-state index in [0.29, 0.717) is 36.3 Å². The normalized spacial score (nSPS) is 16.2. The lowest BCUT2D eigenvalue weighted by atomic mass is 10.0. The van der Waals surface area contributed by atoms with Crippen molar-refractivity contribution >= 4 is 27.6 Å². The van der Waals surface area contributed by atoms with Gasteiger partial charge in [0.25, 0.3) is 10.0 Å². The van der Waals surface area contributed by atoms with E-state index in [1.54, 1.807) is 43.3 Å². The standard InChI is InChI=1S/C24H28N2O5S/c1-3-18-12-14-19(15-13-18)23(28)17(2)31-22(27)11-5-4-8-16-25-24-20-9-6-7-10-21(20)32(29,30)26-24/h6-7,9-10,12-15,17H,3-5,8,11,16H2,1-2H3,(H,25,26). The van der Waals surface area contributed by atoms with Crippen LogP contribution < -0.4 is 4.72 Å². The molecular formula is C24H28N2O5S. The van der Waals surface area contributed by atoms with Gasteiger partial charge in [-0.2, -0.15) is 0 Å². The van der Waals surface area contributed by atoms with Crippen molar-refractivity contribution in [1.29, 1.82) is 0 Å². The molecule has 1 heterocycles. The molecule has 1 unspecified atom stereocenters. The number of aliphatic imine (C=N–C) groups is 1. The third-order valence-corrected chi connectivity index (χ3v) is 6.69. The average Bonchev–Trinajstić information content (AvgIpc) is 3.05. The van der Waals surface area contributed by atoms with Gasteiger partial charge in [-0.1, -0.05) is 49.7 Å². The molecule has 1 atom stereocenters. The number of rotatable bonds is 10. The zero-order valence-electron chi connectivity index (χ0n) is 18.3. The predicted octanol–water partition coefficient (Wildman–Crippen LogP) is 3.66. The number of nitrogens with zero attached hydrogens (tertiary/aromatic N) is 1. The first kappa shape index (κ1) is 23.7. The Balaban J connectivity index is 1.38. The Morgan fingerprint density at radius 3 is 2.47 bits per heavy atom. The van der Waals surface area contributed by atoms with Crippen LogP contribution in [0.1, 0.15) is 61.0 Å². The number of carbonyl (C=O) groups excluding carboxylic acids is 2. The summed E-state index contributed by atoms with van der Waals surface area (Å²) in [6.45, 7) is 4.08. The summed E-state index contributed by atoms with van der Waals surface area (Å²) in [5.74, 6) is -0.254. The molecule has 0 radical (unpaired) electrons. The zero-order valence-corrected chi connectivity index (χ0v) is 19.2. The fourth-order valence-corrected chi connectivity index (χ4v) is 4.70. The van der Waals surface area contributed by atoms with Gasteiger partial charge >= 0.3 is 5.97 Å². The van der Waals surface area contributed by atoms with E-state index < -0.39 is 22.1 Å². The topological polar surface area (TPSA) is 102 Å². The van der Waals surface area contributed by atoms with Gasteiger partial charge in [0.1, 0.15) is 5.84 Å². The Hall–Kier alpha value is -3.00. The fraction of sp³-hybridized carbons (Fsp3) is 0.375. The summed E-state index contributed by atoms with van der Waals surface area (Å²) in [4.78, 5) is 29.1. The van der Waals surface area contributed by atoms with Crippen LogP contribution in [0.4, 0.5) is 0 Å². The molecule has 0 saturated carbocycles. The fourth-order valence-electron chi connectivity index (χ4n) is 3.45. The molecule has 2 aromatic rings. The second-order valence-corrected chi connectivity index (χ2v) is 9.34. The van der Waals surface area contributed by atoms with Gasteiger partial charge in [-0.3, -0.25) is 19.3 Å². The molecule has 0 fully saturated rings. The Kier molecular flexibility index (Phi) is 7.80. The summed E-state index contributed by atoms with van der Waals surface area (Å²) in [5.41, 5.74) is 2.26. The lowest BCUT2D eigenvalue weighted by Gasteiger charge is -2.12. The number of ketones is 1. The smallest absolute Gasteiger partial charge is 0.306 e. The van der Waals surface area contributed by atoms with Gasteiger partial charge in [0.15, 0.2) is 6.10 Å². The maximum absolute atomic E-state index is 12.4. The molecule has 0 aliphatic carbocycles. The Labute approximate surface area is 189 Å². The van der Waals surface area contributed by atoms with Crippen LogP contribution in [0.5, 0.6) is 0 Å². The Morgan fingerprint density at radius 1 is 1.03 bits per heavy atom. The van der Waals surface area contributed by atoms with Gasteiger partial charge in [0, 0.05) is 24.1 Å². The quantitative estimate of drug-likeness (QED) is 0.334. The summed E-state index contributed by atoms with van der Waals surface area (Å²) in [5, 5.41) is 0. The van der Waals surface area contributed by atoms with Gasteiger partial charge in [-0.25, -0.2) is 8.42 Å². The predicted molar refractivity (Wildman–Crippen MR) is 122 cm³/mol. The highest BCUT2D eigenvalue weighted by Crippen LogP contribution is 2.22. The number of ether oxygens (including phenoxy) is 1. The van der Waals surface area contributed by atoms with Crippen LogP contribution in [0, 0.1) is 0 Å². The molecule has 2 aromatic carbocycles. The molecule has 170 valence electrons. The molecule has 1 aliphatic rings. The minimum Gasteiger partial charge on any atom is -0.454 e. The van der Waals surface area contributed by atoms with Crippen molar-refractivity contribution in [2.45, 2.75) is 57.0 Å². The Morgan fingerprint density at radius 2 is 1.75 bits per heavy atom. The third-order valence-electron chi connectivity index (χ3n) is 5.30. The average molecular weight is 457 g/mol. The molecule has 0 spiro atoms. The number of amidine groups is 1. The lowest BCUT2D eigenvalue weighted by Crippen LogP contribution is -2.24. The first-order valence-electron chi connectivity index (χ1n) is 10.8. The molecule has 7 nitrogen and oxygen atoms in total. The summed E-state index contributed by atoms with van der Waals surface area (Å²) < 4.78 is 31.9. The second-order valence-electron chi connectivity index (χ2n) is 7.69. The van der Waals surface area contributed by atoms with Crippen LogP contribution >= 0.6 is 0 Å². The number of benzene rings is 2. The third kappa shape index (κ3) is 5.82. The molecular weight excluding hydrogens is 428 g/mol. The monoisotopic (exact) mass is 456 g/mol. The number of sulfonamides is 1. The molecule has 0 aromatic heterocycles. The van der Waals surface area contributed by atoms with Crippen LogP contribution in [0.15, 0.2) is 58.4 Å². The van der Waals surface area contributed by atoms with Crippen molar-refractivity contribution in [2.24, 2.45) is 4.99 Å². The molecule has 0 bridgehead atoms. The van der Waals surface area contributed by atoms with Gasteiger partial charge < -0.3 is 4.74 Å². The maximum Gasteiger partial charge on any atom is 0.306 e. The summed E-state index contributed by atoms with van der Waals surface area (Å²) in [6, 6.07) is 14.1. The first-order chi connectivity index (χ1) is 15.3. The van der Waals surface area contributed by atoms with Gasteiger partial charge in [0.05, 0.1) is 4.90 Å². The van der Waals surface area contributed by atoms with Crippen LogP contribution in [-0.4, -0.2) is 38.7 Å². The Bertz CT molecular complexity index is 1110. The number of aryl methyl sites for hydroxylation is 1. The van der Waals surface area contributed by atoms with E-state index in [9.17, 15) is 18.0 Å². The van der Waals surface area contributed by atoms with E-state index in [4.69, 9.17) is 4.74 Å². The van der Waals surface area contributed by atoms with Crippen molar-refractivity contribution in [1.82, 2.24) is 4.72 Å². The van der Waals surface area contributed by atoms with Crippen molar-refractivity contribution in [2.75, 3.05) is 6.54 Å². The first-order valence-corrected chi connectivity index (χ1v) is 12.3. The van der Waals surface area contributed by atoms with Gasteiger partial charge in [-0.15, -0.1) is 0 Å². The molecule has 8 heteroatoms. The van der Waals surface area contributed by atoms with E-state index in [2.05, 4.69) is 9.71 Å². The summed E-state index contributed by atoms with van der Waals surface area (Å²) in [6.07, 6.45) is 2.35. The number of esters is 1. The molecule has 0 saturated heterocycles. The van der Waals surface area contributed by atoms with Crippen molar-refractivity contribution < 1.29 is 22.7 Å². The minimum atomic E-state index is -3.53. The highest BCUT2D eigenvalue weighted by Gasteiger charge is 2.29.